The summed E-state index contributed by atoms with van der Waals surface area (Å²) in [6, 6.07) is 15.0. The molecule has 2 aliphatic heterocycles. The predicted molar refractivity (Wildman–Crippen MR) is 115 cm³/mol. The number of nitrogens with one attached hydrogen (secondary N) is 1. The van der Waals surface area contributed by atoms with Gasteiger partial charge in [-0.05, 0) is 29.7 Å². The summed E-state index contributed by atoms with van der Waals surface area (Å²) in [6.07, 6.45) is 2.37. The minimum atomic E-state index is -1.25. The lowest BCUT2D eigenvalue weighted by molar-refractivity contribution is -0.127. The first-order chi connectivity index (χ1) is 15.0. The maximum atomic E-state index is 13.8. The Bertz CT molecular complexity index is 1250. The fourth-order valence-electron chi connectivity index (χ4n) is 4.76. The Kier molecular flexibility index (Phi) is 4.18. The highest BCUT2D eigenvalue weighted by atomic mass is 16.2. The van der Waals surface area contributed by atoms with Gasteiger partial charge in [0.15, 0.2) is 0 Å². The van der Waals surface area contributed by atoms with E-state index in [0.29, 0.717) is 22.6 Å². The molecule has 1 aromatic heterocycles. The molecule has 3 aromatic rings. The Labute approximate surface area is 178 Å². The van der Waals surface area contributed by atoms with Crippen LogP contribution in [-0.2, 0) is 26.2 Å². The van der Waals surface area contributed by atoms with Crippen molar-refractivity contribution in [3.63, 3.8) is 0 Å². The molecular weight excluding hydrogens is 394 g/mol. The topological polar surface area (TPSA) is 110 Å². The second-order valence-electron chi connectivity index (χ2n) is 7.81. The van der Waals surface area contributed by atoms with Gasteiger partial charge in [0.05, 0.1) is 11.9 Å². The van der Waals surface area contributed by atoms with Gasteiger partial charge in [-0.3, -0.25) is 14.4 Å². The number of rotatable bonds is 4. The summed E-state index contributed by atoms with van der Waals surface area (Å²) in [5.74, 6) is -0.770. The number of hydrogen-bond acceptors (Lipinski definition) is 4. The third-order valence-corrected chi connectivity index (χ3v) is 6.09. The second kappa shape index (κ2) is 6.80. The van der Waals surface area contributed by atoms with Crippen LogP contribution in [0, 0.1) is 0 Å². The molecule has 2 aromatic carbocycles. The summed E-state index contributed by atoms with van der Waals surface area (Å²) in [4.78, 5) is 39.7. The first kappa shape index (κ1) is 19.0. The van der Waals surface area contributed by atoms with Crippen LogP contribution in [0.15, 0.2) is 54.7 Å². The fraction of sp³-hybridized carbons (Fsp3) is 0.217. The van der Waals surface area contributed by atoms with E-state index in [4.69, 9.17) is 5.73 Å². The molecular formula is C23H21N5O3. The Morgan fingerprint density at radius 3 is 2.55 bits per heavy atom. The number of anilines is 2. The number of nitrogens with zero attached hydrogens (tertiary/aromatic N) is 3. The number of carbonyl (C=O) groups excluding carboxylic acids is 3. The molecule has 3 amide bonds. The van der Waals surface area contributed by atoms with Crippen molar-refractivity contribution in [3.8, 4) is 5.69 Å². The van der Waals surface area contributed by atoms with Crippen LogP contribution in [0.4, 0.5) is 11.5 Å². The molecule has 31 heavy (non-hydrogen) atoms. The van der Waals surface area contributed by atoms with Crippen LogP contribution >= 0.6 is 0 Å². The van der Waals surface area contributed by atoms with Gasteiger partial charge in [-0.25, -0.2) is 4.68 Å². The second-order valence-corrected chi connectivity index (χ2v) is 7.81. The number of primary amides is 1. The minimum Gasteiger partial charge on any atom is -0.368 e. The number of hydrogen-bond donors (Lipinski definition) is 2. The molecule has 5 rings (SSSR count). The lowest BCUT2D eigenvalue weighted by Gasteiger charge is -2.32. The molecule has 0 radical (unpaired) electrons. The Hall–Kier alpha value is -3.94. The third kappa shape index (κ3) is 2.61. The van der Waals surface area contributed by atoms with E-state index in [-0.39, 0.29) is 24.8 Å². The van der Waals surface area contributed by atoms with Crippen molar-refractivity contribution in [2.45, 2.75) is 25.2 Å². The highest BCUT2D eigenvalue weighted by Crippen LogP contribution is 2.52. The fourth-order valence-corrected chi connectivity index (χ4v) is 4.76. The number of benzene rings is 2. The zero-order valence-electron chi connectivity index (χ0n) is 17.0. The van der Waals surface area contributed by atoms with Crippen molar-refractivity contribution in [1.82, 2.24) is 9.78 Å². The van der Waals surface area contributed by atoms with Crippen LogP contribution in [0.25, 0.3) is 5.69 Å². The highest BCUT2D eigenvalue weighted by Gasteiger charge is 2.57. The van der Waals surface area contributed by atoms with E-state index in [1.807, 2.05) is 43.3 Å². The number of aromatic nitrogens is 2. The largest absolute Gasteiger partial charge is 0.368 e. The summed E-state index contributed by atoms with van der Waals surface area (Å²) in [5, 5.41) is 7.48. The summed E-state index contributed by atoms with van der Waals surface area (Å²) in [6.45, 7) is 1.80. The Morgan fingerprint density at radius 1 is 1.10 bits per heavy atom. The quantitative estimate of drug-likeness (QED) is 0.678. The van der Waals surface area contributed by atoms with Crippen molar-refractivity contribution in [3.05, 3.63) is 71.4 Å². The summed E-state index contributed by atoms with van der Waals surface area (Å²) < 4.78 is 1.68. The Morgan fingerprint density at radius 2 is 1.81 bits per heavy atom. The minimum absolute atomic E-state index is 0.0633. The van der Waals surface area contributed by atoms with E-state index in [1.165, 1.54) is 4.90 Å². The van der Waals surface area contributed by atoms with E-state index >= 15 is 0 Å². The van der Waals surface area contributed by atoms with Crippen molar-refractivity contribution in [1.29, 1.82) is 0 Å². The van der Waals surface area contributed by atoms with Crippen LogP contribution in [-0.4, -0.2) is 34.0 Å². The average molecular weight is 415 g/mol. The molecule has 0 aliphatic carbocycles. The predicted octanol–water partition coefficient (Wildman–Crippen LogP) is 1.89. The molecule has 0 fully saturated rings. The number of amides is 3. The SMILES string of the molecule is CCc1ccccc1-n1ncc2c1NC(=O)C[C@]21C(=O)N(CC(N)=O)c2ccccc21. The summed E-state index contributed by atoms with van der Waals surface area (Å²) >= 11 is 0. The summed E-state index contributed by atoms with van der Waals surface area (Å²) in [7, 11) is 0. The van der Waals surface area contributed by atoms with Gasteiger partial charge in [-0.15, -0.1) is 0 Å². The monoisotopic (exact) mass is 415 g/mol. The lowest BCUT2D eigenvalue weighted by atomic mass is 9.72. The molecule has 2 aliphatic rings. The normalized spacial score (nSPS) is 19.3. The van der Waals surface area contributed by atoms with Gasteiger partial charge < -0.3 is 16.0 Å². The lowest BCUT2D eigenvalue weighted by Crippen LogP contribution is -2.48. The van der Waals surface area contributed by atoms with Gasteiger partial charge in [0, 0.05) is 17.7 Å². The van der Waals surface area contributed by atoms with Crippen LogP contribution in [0.5, 0.6) is 0 Å². The molecule has 3 heterocycles. The van der Waals surface area contributed by atoms with E-state index in [2.05, 4.69) is 10.4 Å². The molecule has 0 saturated carbocycles. The molecule has 156 valence electrons. The van der Waals surface area contributed by atoms with Crippen LogP contribution in [0.3, 0.4) is 0 Å². The first-order valence-electron chi connectivity index (χ1n) is 10.1. The van der Waals surface area contributed by atoms with Gasteiger partial charge in [0.2, 0.25) is 17.7 Å². The van der Waals surface area contributed by atoms with E-state index in [0.717, 1.165) is 17.7 Å². The third-order valence-electron chi connectivity index (χ3n) is 6.09. The van der Waals surface area contributed by atoms with Crippen molar-refractivity contribution >= 4 is 29.2 Å². The average Bonchev–Trinajstić information content (AvgIpc) is 3.28. The number of aryl methyl sites for hydroxylation is 1. The first-order valence-corrected chi connectivity index (χ1v) is 10.1. The number of fused-ring (bicyclic) bond motifs is 4. The van der Waals surface area contributed by atoms with Crippen molar-refractivity contribution in [2.75, 3.05) is 16.8 Å². The molecule has 0 bridgehead atoms. The smallest absolute Gasteiger partial charge is 0.243 e. The number of carbonyl (C=O) groups is 3. The standard InChI is InChI=1S/C23H21N5O3/c1-2-14-7-3-5-9-17(14)28-21-16(12-25-28)23(11-20(30)26-21)15-8-4-6-10-18(15)27(22(23)31)13-19(24)29/h3-10,12H,2,11,13H2,1H3,(H2,24,29)(H,26,30)/t23-/m1/s1. The molecule has 3 N–H and O–H groups in total. The summed E-state index contributed by atoms with van der Waals surface area (Å²) in [5.41, 5.74) is 7.96. The molecule has 0 saturated heterocycles. The van der Waals surface area contributed by atoms with Gasteiger partial charge >= 0.3 is 0 Å². The van der Waals surface area contributed by atoms with E-state index < -0.39 is 11.3 Å². The zero-order valence-corrected chi connectivity index (χ0v) is 17.0. The van der Waals surface area contributed by atoms with Crippen LogP contribution in [0.1, 0.15) is 30.0 Å². The highest BCUT2D eigenvalue weighted by molar-refractivity contribution is 6.17. The van der Waals surface area contributed by atoms with Gasteiger partial charge in [0.1, 0.15) is 17.8 Å². The van der Waals surface area contributed by atoms with Gasteiger partial charge in [-0.1, -0.05) is 43.3 Å². The molecule has 1 spiro atoms. The molecule has 8 nitrogen and oxygen atoms in total. The van der Waals surface area contributed by atoms with Crippen molar-refractivity contribution < 1.29 is 14.4 Å². The van der Waals surface area contributed by atoms with Crippen LogP contribution in [0.2, 0.25) is 0 Å². The van der Waals surface area contributed by atoms with Gasteiger partial charge in [0.25, 0.3) is 0 Å². The van der Waals surface area contributed by atoms with E-state index in [1.54, 1.807) is 23.0 Å². The van der Waals surface area contributed by atoms with Crippen LogP contribution < -0.4 is 16.0 Å². The van der Waals surface area contributed by atoms with Crippen molar-refractivity contribution in [2.24, 2.45) is 5.73 Å². The van der Waals surface area contributed by atoms with E-state index in [9.17, 15) is 14.4 Å². The maximum absolute atomic E-state index is 13.8. The molecule has 1 atom stereocenters. The Balaban J connectivity index is 1.75. The maximum Gasteiger partial charge on any atom is 0.243 e. The molecule has 0 unspecified atom stereocenters. The zero-order chi connectivity index (χ0) is 21.8. The number of para-hydroxylation sites is 2. The van der Waals surface area contributed by atoms with Gasteiger partial charge in [-0.2, -0.15) is 5.10 Å². The molecule has 8 heteroatoms. The number of nitrogens with two attached hydrogens (primary N) is 1.